The maximum Gasteiger partial charge on any atom is 0.159 e. The van der Waals surface area contributed by atoms with Crippen molar-refractivity contribution in [2.75, 3.05) is 38.8 Å². The molecule has 2 aliphatic heterocycles. The summed E-state index contributed by atoms with van der Waals surface area (Å²) in [6.07, 6.45) is 2.00. The molecule has 0 bridgehead atoms. The zero-order valence-electron chi connectivity index (χ0n) is 19.9. The third-order valence-corrected chi connectivity index (χ3v) is 7.39. The summed E-state index contributed by atoms with van der Waals surface area (Å²) in [7, 11) is 3.44. The first-order chi connectivity index (χ1) is 16.7. The number of aromatic hydroxyl groups is 1. The number of nitrogens with zero attached hydrogens (tertiary/aromatic N) is 1. The van der Waals surface area contributed by atoms with Gasteiger partial charge in [0.25, 0.3) is 0 Å². The van der Waals surface area contributed by atoms with Crippen molar-refractivity contribution in [2.24, 2.45) is 5.92 Å². The highest BCUT2D eigenvalue weighted by Crippen LogP contribution is 2.47. The molecule has 3 aromatic carbocycles. The number of rotatable bonds is 6. The average molecular weight is 460 g/mol. The summed E-state index contributed by atoms with van der Waals surface area (Å²) in [5, 5.41) is 9.99. The van der Waals surface area contributed by atoms with Crippen LogP contribution in [0.4, 0.5) is 5.69 Å². The number of anilines is 1. The van der Waals surface area contributed by atoms with Crippen molar-refractivity contribution < 1.29 is 19.3 Å². The lowest BCUT2D eigenvalue weighted by Gasteiger charge is -2.37. The maximum atomic E-state index is 9.99. The molecule has 2 atom stereocenters. The molecule has 2 heterocycles. The Labute approximate surface area is 201 Å². The van der Waals surface area contributed by atoms with Gasteiger partial charge in [0.2, 0.25) is 0 Å². The topological polar surface area (TPSA) is 51.2 Å². The zero-order valence-corrected chi connectivity index (χ0v) is 19.9. The van der Waals surface area contributed by atoms with E-state index in [0.717, 1.165) is 37.2 Å². The molecule has 3 aromatic rings. The lowest BCUT2D eigenvalue weighted by atomic mass is 9.76. The van der Waals surface area contributed by atoms with Gasteiger partial charge in [-0.1, -0.05) is 48.5 Å². The third kappa shape index (κ3) is 4.50. The number of phenolic OH excluding ortho intramolecular Hbond substituents is 1. The standard InChI is InChI=1S/C29H33NO4/c1-32-29(33-2)22-14-16-30(17-15-22)23-10-8-21(9-11-23)28-25-13-12-24(31)18-27(25)34-19-26(28)20-6-4-3-5-7-20/h3-13,18,22,26,28-29,31H,14-17,19H2,1-2H3/t26-,28?/m1/s1. The lowest BCUT2D eigenvalue weighted by Crippen LogP contribution is -2.39. The Bertz CT molecular complexity index is 1070. The minimum atomic E-state index is -0.118. The highest BCUT2D eigenvalue weighted by molar-refractivity contribution is 5.54. The number of phenols is 1. The smallest absolute Gasteiger partial charge is 0.159 e. The summed E-state index contributed by atoms with van der Waals surface area (Å²) in [4.78, 5) is 2.45. The van der Waals surface area contributed by atoms with Gasteiger partial charge in [0.1, 0.15) is 11.5 Å². The second-order valence-corrected chi connectivity index (χ2v) is 9.28. The Balaban J connectivity index is 1.40. The van der Waals surface area contributed by atoms with Gasteiger partial charge in [-0.25, -0.2) is 0 Å². The monoisotopic (exact) mass is 459 g/mol. The molecule has 1 unspecified atom stereocenters. The average Bonchev–Trinajstić information content (AvgIpc) is 2.90. The first kappa shape index (κ1) is 22.8. The van der Waals surface area contributed by atoms with Crippen LogP contribution in [0.3, 0.4) is 0 Å². The number of hydrogen-bond donors (Lipinski definition) is 1. The molecule has 0 radical (unpaired) electrons. The van der Waals surface area contributed by atoms with Crippen molar-refractivity contribution in [3.8, 4) is 11.5 Å². The summed E-state index contributed by atoms with van der Waals surface area (Å²) >= 11 is 0. The van der Waals surface area contributed by atoms with Crippen LogP contribution in [0.25, 0.3) is 0 Å². The van der Waals surface area contributed by atoms with Gasteiger partial charge in [-0.2, -0.15) is 0 Å². The summed E-state index contributed by atoms with van der Waals surface area (Å²) in [6, 6.07) is 25.1. The van der Waals surface area contributed by atoms with E-state index in [0.29, 0.717) is 12.5 Å². The van der Waals surface area contributed by atoms with Crippen molar-refractivity contribution in [1.82, 2.24) is 0 Å². The molecule has 1 fully saturated rings. The van der Waals surface area contributed by atoms with E-state index in [1.807, 2.05) is 12.1 Å². The number of piperidine rings is 1. The Kier molecular flexibility index (Phi) is 6.75. The van der Waals surface area contributed by atoms with Crippen molar-refractivity contribution in [1.29, 1.82) is 0 Å². The number of benzene rings is 3. The minimum Gasteiger partial charge on any atom is -0.508 e. The number of hydrogen-bond acceptors (Lipinski definition) is 5. The van der Waals surface area contributed by atoms with Crippen LogP contribution in [0.5, 0.6) is 11.5 Å². The molecule has 1 N–H and O–H groups in total. The van der Waals surface area contributed by atoms with Gasteiger partial charge < -0.3 is 24.2 Å². The van der Waals surface area contributed by atoms with E-state index in [4.69, 9.17) is 14.2 Å². The van der Waals surface area contributed by atoms with Crippen LogP contribution in [0, 0.1) is 5.92 Å². The van der Waals surface area contributed by atoms with Gasteiger partial charge in [0, 0.05) is 62.4 Å². The van der Waals surface area contributed by atoms with E-state index >= 15 is 0 Å². The van der Waals surface area contributed by atoms with Crippen LogP contribution >= 0.6 is 0 Å². The van der Waals surface area contributed by atoms with Crippen LogP contribution < -0.4 is 9.64 Å². The van der Waals surface area contributed by atoms with E-state index in [1.165, 1.54) is 16.8 Å². The molecule has 2 aliphatic rings. The van der Waals surface area contributed by atoms with Gasteiger partial charge in [0.05, 0.1) is 6.61 Å². The van der Waals surface area contributed by atoms with E-state index in [1.54, 1.807) is 26.4 Å². The fourth-order valence-corrected chi connectivity index (χ4v) is 5.60. The Morgan fingerprint density at radius 1 is 0.882 bits per heavy atom. The SMILES string of the molecule is COC(OC)C1CCN(c2ccc(C3c4ccc(O)cc4OC[C@@H]3c3ccccc3)cc2)CC1. The van der Waals surface area contributed by atoms with Gasteiger partial charge in [0.15, 0.2) is 6.29 Å². The van der Waals surface area contributed by atoms with Crippen LogP contribution in [0.1, 0.15) is 41.4 Å². The van der Waals surface area contributed by atoms with E-state index in [9.17, 15) is 5.11 Å². The third-order valence-electron chi connectivity index (χ3n) is 7.39. The number of methoxy groups -OCH3 is 2. The molecule has 178 valence electrons. The second-order valence-electron chi connectivity index (χ2n) is 9.28. The molecule has 5 nitrogen and oxygen atoms in total. The largest absolute Gasteiger partial charge is 0.508 e. The van der Waals surface area contributed by atoms with E-state index in [-0.39, 0.29) is 23.9 Å². The molecule has 0 saturated carbocycles. The molecular formula is C29H33NO4. The van der Waals surface area contributed by atoms with Crippen molar-refractivity contribution in [2.45, 2.75) is 31.0 Å². The Morgan fingerprint density at radius 2 is 1.59 bits per heavy atom. The second kappa shape index (κ2) is 10.1. The highest BCUT2D eigenvalue weighted by atomic mass is 16.7. The zero-order chi connectivity index (χ0) is 23.5. The molecule has 1 saturated heterocycles. The fraction of sp³-hybridized carbons (Fsp3) is 0.379. The van der Waals surface area contributed by atoms with Crippen molar-refractivity contribution in [3.05, 3.63) is 89.5 Å². The lowest BCUT2D eigenvalue weighted by molar-refractivity contribution is -0.141. The van der Waals surface area contributed by atoms with Crippen molar-refractivity contribution >= 4 is 5.69 Å². The van der Waals surface area contributed by atoms with E-state index < -0.39 is 0 Å². The molecule has 34 heavy (non-hydrogen) atoms. The van der Waals surface area contributed by atoms with Crippen LogP contribution in [0.15, 0.2) is 72.8 Å². The normalized spacial score (nSPS) is 20.7. The summed E-state index contributed by atoms with van der Waals surface area (Å²) < 4.78 is 17.1. The molecule has 0 aromatic heterocycles. The van der Waals surface area contributed by atoms with Gasteiger partial charge in [-0.05, 0) is 42.2 Å². The van der Waals surface area contributed by atoms with E-state index in [2.05, 4.69) is 53.4 Å². The summed E-state index contributed by atoms with van der Waals surface area (Å²) in [5.41, 5.74) is 4.91. The Morgan fingerprint density at radius 3 is 2.26 bits per heavy atom. The maximum absolute atomic E-state index is 9.99. The first-order valence-electron chi connectivity index (χ1n) is 12.1. The van der Waals surface area contributed by atoms with Gasteiger partial charge >= 0.3 is 0 Å². The molecular weight excluding hydrogens is 426 g/mol. The van der Waals surface area contributed by atoms with Crippen LogP contribution in [-0.4, -0.2) is 45.3 Å². The number of ether oxygens (including phenoxy) is 3. The minimum absolute atomic E-state index is 0.118. The number of fused-ring (bicyclic) bond motifs is 1. The molecule has 5 heteroatoms. The molecule has 0 aliphatic carbocycles. The van der Waals surface area contributed by atoms with Gasteiger partial charge in [-0.15, -0.1) is 0 Å². The first-order valence-corrected chi connectivity index (χ1v) is 12.1. The highest BCUT2D eigenvalue weighted by Gasteiger charge is 2.34. The van der Waals surface area contributed by atoms with Gasteiger partial charge in [-0.3, -0.25) is 0 Å². The summed E-state index contributed by atoms with van der Waals surface area (Å²) in [5.74, 6) is 1.82. The van der Waals surface area contributed by atoms with Crippen LogP contribution in [-0.2, 0) is 9.47 Å². The predicted octanol–water partition coefficient (Wildman–Crippen LogP) is 5.54. The molecule has 5 rings (SSSR count). The van der Waals surface area contributed by atoms with Crippen LogP contribution in [0.2, 0.25) is 0 Å². The predicted molar refractivity (Wildman–Crippen MR) is 134 cm³/mol. The fourth-order valence-electron chi connectivity index (χ4n) is 5.60. The van der Waals surface area contributed by atoms with Crippen molar-refractivity contribution in [3.63, 3.8) is 0 Å². The quantitative estimate of drug-likeness (QED) is 0.491. The molecule has 0 spiro atoms. The summed E-state index contributed by atoms with van der Waals surface area (Å²) in [6.45, 7) is 2.58. The molecule has 0 amide bonds. The Hall–Kier alpha value is -3.02.